The molecule has 1 aliphatic heterocycles. The monoisotopic (exact) mass is 360 g/mol. The van der Waals surface area contributed by atoms with Crippen LogP contribution in [0.2, 0.25) is 0 Å². The van der Waals surface area contributed by atoms with Gasteiger partial charge < -0.3 is 29.6 Å². The standard InChI is InChI=1S/C18H20N2O4S/c1-21-15-5-3-4-12(17(15)22-2)8-9-19-18(25)20-13-6-7-14-16(10-13)24-11-23-14/h3-7,10H,8-9,11H2,1-2H3,(H2,19,20,25). The Morgan fingerprint density at radius 2 is 1.96 bits per heavy atom. The summed E-state index contributed by atoms with van der Waals surface area (Å²) >= 11 is 5.34. The zero-order valence-electron chi connectivity index (χ0n) is 14.1. The fourth-order valence-electron chi connectivity index (χ4n) is 2.61. The van der Waals surface area contributed by atoms with Crippen molar-refractivity contribution in [1.29, 1.82) is 0 Å². The molecule has 0 unspecified atom stereocenters. The Morgan fingerprint density at radius 1 is 1.12 bits per heavy atom. The molecule has 0 saturated carbocycles. The summed E-state index contributed by atoms with van der Waals surface area (Å²) in [5, 5.41) is 6.87. The van der Waals surface area contributed by atoms with Crippen molar-refractivity contribution in [2.45, 2.75) is 6.42 Å². The van der Waals surface area contributed by atoms with Gasteiger partial charge in [0.05, 0.1) is 14.2 Å². The SMILES string of the molecule is COc1cccc(CCNC(=S)Nc2ccc3c(c2)OCO3)c1OC. The predicted octanol–water partition coefficient (Wildman–Crippen LogP) is 2.96. The van der Waals surface area contributed by atoms with Crippen molar-refractivity contribution < 1.29 is 18.9 Å². The Labute approximate surface area is 152 Å². The maximum absolute atomic E-state index is 5.44. The van der Waals surface area contributed by atoms with Gasteiger partial charge in [0.15, 0.2) is 28.1 Å². The average Bonchev–Trinajstić information content (AvgIpc) is 3.09. The van der Waals surface area contributed by atoms with Gasteiger partial charge in [-0.1, -0.05) is 12.1 Å². The molecule has 2 aromatic carbocycles. The summed E-state index contributed by atoms with van der Waals surface area (Å²) in [5.74, 6) is 2.94. The van der Waals surface area contributed by atoms with Crippen LogP contribution in [-0.2, 0) is 6.42 Å². The van der Waals surface area contributed by atoms with E-state index in [0.717, 1.165) is 34.9 Å². The molecule has 0 aromatic heterocycles. The lowest BCUT2D eigenvalue weighted by molar-refractivity contribution is 0.174. The van der Waals surface area contributed by atoms with Gasteiger partial charge in [-0.3, -0.25) is 0 Å². The Bertz CT molecular complexity index is 767. The normalized spacial score (nSPS) is 11.8. The van der Waals surface area contributed by atoms with Gasteiger partial charge in [-0.15, -0.1) is 0 Å². The third-order valence-corrected chi connectivity index (χ3v) is 4.04. The zero-order chi connectivity index (χ0) is 17.6. The molecule has 0 radical (unpaired) electrons. The van der Waals surface area contributed by atoms with E-state index in [0.29, 0.717) is 17.4 Å². The van der Waals surface area contributed by atoms with Gasteiger partial charge in [0.25, 0.3) is 0 Å². The van der Waals surface area contributed by atoms with Gasteiger partial charge in [0.1, 0.15) is 0 Å². The van der Waals surface area contributed by atoms with Crippen LogP contribution in [0, 0.1) is 0 Å². The minimum absolute atomic E-state index is 0.254. The molecule has 7 heteroatoms. The molecule has 0 fully saturated rings. The van der Waals surface area contributed by atoms with Crippen LogP contribution in [-0.4, -0.2) is 32.7 Å². The van der Waals surface area contributed by atoms with E-state index < -0.39 is 0 Å². The summed E-state index contributed by atoms with van der Waals surface area (Å²) in [6.07, 6.45) is 0.753. The minimum Gasteiger partial charge on any atom is -0.493 e. The number of benzene rings is 2. The number of ether oxygens (including phenoxy) is 4. The van der Waals surface area contributed by atoms with Gasteiger partial charge in [-0.25, -0.2) is 0 Å². The van der Waals surface area contributed by atoms with E-state index in [9.17, 15) is 0 Å². The quantitative estimate of drug-likeness (QED) is 0.768. The first kappa shape index (κ1) is 17.2. The molecule has 1 heterocycles. The second kappa shape index (κ2) is 7.94. The number of fused-ring (bicyclic) bond motifs is 1. The Balaban J connectivity index is 1.53. The molecule has 0 atom stereocenters. The topological polar surface area (TPSA) is 61.0 Å². The van der Waals surface area contributed by atoms with Crippen LogP contribution in [0.4, 0.5) is 5.69 Å². The summed E-state index contributed by atoms with van der Waals surface area (Å²) in [5.41, 5.74) is 1.90. The summed E-state index contributed by atoms with van der Waals surface area (Å²) in [6.45, 7) is 0.920. The van der Waals surface area contributed by atoms with Crippen molar-refractivity contribution in [3.63, 3.8) is 0 Å². The summed E-state index contributed by atoms with van der Waals surface area (Å²) in [7, 11) is 3.27. The van der Waals surface area contributed by atoms with Crippen LogP contribution in [0.5, 0.6) is 23.0 Å². The molecule has 132 valence electrons. The van der Waals surface area contributed by atoms with E-state index in [4.69, 9.17) is 31.2 Å². The number of para-hydroxylation sites is 1. The molecule has 3 rings (SSSR count). The van der Waals surface area contributed by atoms with Crippen molar-refractivity contribution in [2.75, 3.05) is 32.9 Å². The van der Waals surface area contributed by atoms with E-state index in [2.05, 4.69) is 10.6 Å². The van der Waals surface area contributed by atoms with Crippen LogP contribution >= 0.6 is 12.2 Å². The lowest BCUT2D eigenvalue weighted by Gasteiger charge is -2.14. The second-order valence-corrected chi connectivity index (χ2v) is 5.76. The van der Waals surface area contributed by atoms with Gasteiger partial charge in [0, 0.05) is 18.3 Å². The highest BCUT2D eigenvalue weighted by Crippen LogP contribution is 2.34. The smallest absolute Gasteiger partial charge is 0.231 e. The first-order valence-corrected chi connectivity index (χ1v) is 8.26. The molecular formula is C18H20N2O4S. The molecule has 0 spiro atoms. The maximum atomic E-state index is 5.44. The third-order valence-electron chi connectivity index (χ3n) is 3.79. The number of rotatable bonds is 6. The van der Waals surface area contributed by atoms with E-state index in [1.165, 1.54) is 0 Å². The largest absolute Gasteiger partial charge is 0.493 e. The van der Waals surface area contributed by atoms with Crippen LogP contribution in [0.1, 0.15) is 5.56 Å². The Hall–Kier alpha value is -2.67. The van der Waals surface area contributed by atoms with E-state index >= 15 is 0 Å². The number of hydrogen-bond acceptors (Lipinski definition) is 5. The molecule has 1 aliphatic rings. The molecule has 0 aliphatic carbocycles. The second-order valence-electron chi connectivity index (χ2n) is 5.35. The van der Waals surface area contributed by atoms with Crippen molar-refractivity contribution in [3.8, 4) is 23.0 Å². The first-order chi connectivity index (χ1) is 12.2. The predicted molar refractivity (Wildman–Crippen MR) is 100 cm³/mol. The van der Waals surface area contributed by atoms with Crippen molar-refractivity contribution >= 4 is 23.0 Å². The molecular weight excluding hydrogens is 340 g/mol. The van der Waals surface area contributed by atoms with Crippen molar-refractivity contribution in [1.82, 2.24) is 5.32 Å². The fourth-order valence-corrected chi connectivity index (χ4v) is 2.83. The highest BCUT2D eigenvalue weighted by Gasteiger charge is 2.13. The van der Waals surface area contributed by atoms with Crippen LogP contribution < -0.4 is 29.6 Å². The highest BCUT2D eigenvalue weighted by molar-refractivity contribution is 7.80. The van der Waals surface area contributed by atoms with Gasteiger partial charge in [-0.05, 0) is 42.4 Å². The summed E-state index contributed by atoms with van der Waals surface area (Å²) < 4.78 is 21.4. The van der Waals surface area contributed by atoms with Crippen molar-refractivity contribution in [2.24, 2.45) is 0 Å². The number of thiocarbonyl (C=S) groups is 1. The molecule has 2 aromatic rings. The van der Waals surface area contributed by atoms with Gasteiger partial charge in [0.2, 0.25) is 6.79 Å². The maximum Gasteiger partial charge on any atom is 0.231 e. The lowest BCUT2D eigenvalue weighted by Crippen LogP contribution is -2.30. The van der Waals surface area contributed by atoms with Crippen LogP contribution in [0.3, 0.4) is 0 Å². The van der Waals surface area contributed by atoms with Gasteiger partial charge >= 0.3 is 0 Å². The highest BCUT2D eigenvalue weighted by atomic mass is 32.1. The molecule has 0 bridgehead atoms. The zero-order valence-corrected chi connectivity index (χ0v) is 14.9. The Kier molecular flexibility index (Phi) is 5.45. The number of hydrogen-bond donors (Lipinski definition) is 2. The fraction of sp³-hybridized carbons (Fsp3) is 0.278. The van der Waals surface area contributed by atoms with Crippen molar-refractivity contribution in [3.05, 3.63) is 42.0 Å². The number of nitrogens with one attached hydrogen (secondary N) is 2. The Morgan fingerprint density at radius 3 is 2.76 bits per heavy atom. The number of anilines is 1. The molecule has 0 saturated heterocycles. The lowest BCUT2D eigenvalue weighted by atomic mass is 10.1. The average molecular weight is 360 g/mol. The van der Waals surface area contributed by atoms with Gasteiger partial charge in [-0.2, -0.15) is 0 Å². The minimum atomic E-state index is 0.254. The van der Waals surface area contributed by atoms with Crippen LogP contribution in [0.25, 0.3) is 0 Å². The summed E-state index contributed by atoms with van der Waals surface area (Å²) in [6, 6.07) is 11.4. The molecule has 0 amide bonds. The third kappa shape index (κ3) is 4.06. The molecule has 25 heavy (non-hydrogen) atoms. The van der Waals surface area contributed by atoms with E-state index in [-0.39, 0.29) is 6.79 Å². The van der Waals surface area contributed by atoms with Crippen LogP contribution in [0.15, 0.2) is 36.4 Å². The molecule has 2 N–H and O–H groups in total. The number of methoxy groups -OCH3 is 2. The first-order valence-electron chi connectivity index (χ1n) is 7.85. The van der Waals surface area contributed by atoms with E-state index in [1.54, 1.807) is 14.2 Å². The van der Waals surface area contributed by atoms with E-state index in [1.807, 2.05) is 36.4 Å². The summed E-state index contributed by atoms with van der Waals surface area (Å²) in [4.78, 5) is 0. The molecule has 6 nitrogen and oxygen atoms in total.